The maximum Gasteiger partial charge on any atom is 0.505 e. The third-order valence-electron chi connectivity index (χ3n) is 0.949. The van der Waals surface area contributed by atoms with E-state index < -0.39 is 20.0 Å². The van der Waals surface area contributed by atoms with E-state index >= 15 is 0 Å². The lowest BCUT2D eigenvalue weighted by atomic mass is 10.2. The fourth-order valence-corrected chi connectivity index (χ4v) is 0.872. The smallest absolute Gasteiger partial charge is 0.480 e. The number of nitrogens with two attached hydrogens (primary N) is 1. The molecule has 0 saturated carbocycles. The highest BCUT2D eigenvalue weighted by atomic mass is 31.1. The van der Waals surface area contributed by atoms with E-state index in [4.69, 9.17) is 15.7 Å². The predicted molar refractivity (Wildman–Crippen MR) is 34.9 cm³/mol. The highest BCUT2D eigenvalue weighted by Crippen LogP contribution is 2.14. The molecule has 0 aromatic heterocycles. The SMILES string of the molecule is NC(CC[P+](=O)O)C(=O)O. The van der Waals surface area contributed by atoms with Gasteiger partial charge in [0.25, 0.3) is 0 Å². The Balaban J connectivity index is 3.49. The zero-order valence-corrected chi connectivity index (χ0v) is 6.12. The number of carboxylic acid groups (broad SMARTS) is 1. The summed E-state index contributed by atoms with van der Waals surface area (Å²) < 4.78 is 10.0. The van der Waals surface area contributed by atoms with Crippen LogP contribution in [0.25, 0.3) is 0 Å². The van der Waals surface area contributed by atoms with Crippen LogP contribution in [0.5, 0.6) is 0 Å². The second-order valence-electron chi connectivity index (χ2n) is 1.81. The van der Waals surface area contributed by atoms with Gasteiger partial charge in [0.15, 0.2) is 6.16 Å². The Hall–Kier alpha value is -0.510. The van der Waals surface area contributed by atoms with E-state index in [1.165, 1.54) is 0 Å². The summed E-state index contributed by atoms with van der Waals surface area (Å²) in [5, 5.41) is 8.19. The normalized spacial score (nSPS) is 14.4. The van der Waals surface area contributed by atoms with Crippen molar-refractivity contribution in [2.75, 3.05) is 6.16 Å². The van der Waals surface area contributed by atoms with Crippen molar-refractivity contribution >= 4 is 14.0 Å². The third kappa shape index (κ3) is 4.38. The molecule has 0 aliphatic carbocycles. The molecule has 0 aliphatic rings. The third-order valence-corrected chi connectivity index (χ3v) is 1.59. The van der Waals surface area contributed by atoms with Crippen LogP contribution in [0.15, 0.2) is 0 Å². The van der Waals surface area contributed by atoms with E-state index in [-0.39, 0.29) is 12.6 Å². The minimum Gasteiger partial charge on any atom is -0.480 e. The van der Waals surface area contributed by atoms with E-state index in [0.717, 1.165) is 0 Å². The zero-order valence-electron chi connectivity index (χ0n) is 5.23. The quantitative estimate of drug-likeness (QED) is 0.490. The lowest BCUT2D eigenvalue weighted by Crippen LogP contribution is -2.30. The molecular weight excluding hydrogens is 157 g/mol. The Labute approximate surface area is 58.7 Å². The standard InChI is InChI=1S/C4H8NO4P/c5-3(4(6)7)1-2-10(8)9/h3H,1-2,5H2,(H-,6,7,8,9)/p+1. The van der Waals surface area contributed by atoms with Gasteiger partial charge in [-0.2, -0.15) is 4.89 Å². The van der Waals surface area contributed by atoms with E-state index in [0.29, 0.717) is 0 Å². The van der Waals surface area contributed by atoms with E-state index in [1.54, 1.807) is 0 Å². The van der Waals surface area contributed by atoms with Crippen molar-refractivity contribution in [3.05, 3.63) is 0 Å². The summed E-state index contributed by atoms with van der Waals surface area (Å²) in [6.45, 7) is 0. The number of carboxylic acids is 1. The Kier molecular flexibility index (Phi) is 4.11. The summed E-state index contributed by atoms with van der Waals surface area (Å²) in [6.07, 6.45) is -0.0101. The van der Waals surface area contributed by atoms with Crippen molar-refractivity contribution in [3.63, 3.8) is 0 Å². The van der Waals surface area contributed by atoms with Crippen LogP contribution in [-0.2, 0) is 9.36 Å². The largest absolute Gasteiger partial charge is 0.505 e. The van der Waals surface area contributed by atoms with Gasteiger partial charge in [0.05, 0.1) is 0 Å². The molecule has 10 heavy (non-hydrogen) atoms. The predicted octanol–water partition coefficient (Wildman–Crippen LogP) is -0.477. The van der Waals surface area contributed by atoms with Crippen molar-refractivity contribution in [2.24, 2.45) is 5.73 Å². The monoisotopic (exact) mass is 166 g/mol. The number of rotatable bonds is 4. The molecule has 0 fully saturated rings. The molecule has 0 amide bonds. The van der Waals surface area contributed by atoms with Gasteiger partial charge in [0, 0.05) is 6.42 Å². The first kappa shape index (κ1) is 9.49. The van der Waals surface area contributed by atoms with Gasteiger partial charge in [-0.15, -0.1) is 0 Å². The van der Waals surface area contributed by atoms with Gasteiger partial charge >= 0.3 is 14.0 Å². The summed E-state index contributed by atoms with van der Waals surface area (Å²) in [5.41, 5.74) is 5.03. The minimum absolute atomic E-state index is 0.0427. The van der Waals surface area contributed by atoms with Gasteiger partial charge < -0.3 is 10.8 Å². The van der Waals surface area contributed by atoms with Crippen molar-refractivity contribution in [1.29, 1.82) is 0 Å². The van der Waals surface area contributed by atoms with Gasteiger partial charge in [-0.3, -0.25) is 4.79 Å². The van der Waals surface area contributed by atoms with Crippen LogP contribution >= 0.6 is 8.03 Å². The van der Waals surface area contributed by atoms with E-state index in [1.807, 2.05) is 0 Å². The average molecular weight is 166 g/mol. The summed E-state index contributed by atoms with van der Waals surface area (Å²) in [5.74, 6) is -1.14. The molecule has 0 aromatic carbocycles. The molecule has 2 atom stereocenters. The van der Waals surface area contributed by atoms with Gasteiger partial charge in [-0.25, -0.2) is 0 Å². The molecule has 5 nitrogen and oxygen atoms in total. The second-order valence-corrected chi connectivity index (χ2v) is 2.96. The molecule has 0 radical (unpaired) electrons. The summed E-state index contributed by atoms with van der Waals surface area (Å²) >= 11 is 0. The molecule has 0 heterocycles. The second kappa shape index (κ2) is 4.33. The Morgan fingerprint density at radius 1 is 1.70 bits per heavy atom. The molecule has 0 rings (SSSR count). The summed E-state index contributed by atoms with van der Waals surface area (Å²) in [6, 6.07) is -1.02. The highest BCUT2D eigenvalue weighted by molar-refractivity contribution is 7.37. The van der Waals surface area contributed by atoms with E-state index in [2.05, 4.69) is 0 Å². The van der Waals surface area contributed by atoms with Crippen LogP contribution in [-0.4, -0.2) is 28.2 Å². The maximum atomic E-state index is 10.0. The number of hydrogen-bond donors (Lipinski definition) is 3. The van der Waals surface area contributed by atoms with Gasteiger partial charge in [-0.1, -0.05) is 0 Å². The molecule has 0 saturated heterocycles. The molecule has 0 aromatic rings. The lowest BCUT2D eigenvalue weighted by molar-refractivity contribution is -0.138. The number of carbonyl (C=O) groups is 1. The lowest BCUT2D eigenvalue weighted by Gasteiger charge is -1.98. The van der Waals surface area contributed by atoms with E-state index in [9.17, 15) is 9.36 Å². The molecule has 0 aliphatic heterocycles. The first-order valence-electron chi connectivity index (χ1n) is 2.66. The molecule has 2 unspecified atom stereocenters. The summed E-state index contributed by atoms with van der Waals surface area (Å²) in [7, 11) is -2.25. The van der Waals surface area contributed by atoms with Crippen molar-refractivity contribution in [3.8, 4) is 0 Å². The van der Waals surface area contributed by atoms with Gasteiger partial charge in [0.1, 0.15) is 6.04 Å². The van der Waals surface area contributed by atoms with Crippen molar-refractivity contribution in [2.45, 2.75) is 12.5 Å². The minimum atomic E-state index is -2.25. The van der Waals surface area contributed by atoms with Crippen LogP contribution in [0.1, 0.15) is 6.42 Å². The molecule has 0 spiro atoms. The fourth-order valence-electron chi connectivity index (χ4n) is 0.373. The molecular formula is C4H9NO4P+. The summed E-state index contributed by atoms with van der Waals surface area (Å²) in [4.78, 5) is 18.3. The van der Waals surface area contributed by atoms with Crippen molar-refractivity contribution in [1.82, 2.24) is 0 Å². The highest BCUT2D eigenvalue weighted by Gasteiger charge is 2.17. The number of aliphatic carboxylic acids is 1. The maximum absolute atomic E-state index is 10.0. The number of hydrogen-bond acceptors (Lipinski definition) is 3. The first-order chi connectivity index (χ1) is 4.54. The Bertz CT molecular complexity index is 148. The van der Waals surface area contributed by atoms with Crippen LogP contribution < -0.4 is 5.73 Å². The Morgan fingerprint density at radius 2 is 2.20 bits per heavy atom. The molecule has 4 N–H and O–H groups in total. The van der Waals surface area contributed by atoms with Crippen molar-refractivity contribution < 1.29 is 19.4 Å². The average Bonchev–Trinajstić information content (AvgIpc) is 1.82. The van der Waals surface area contributed by atoms with Crippen LogP contribution in [0, 0.1) is 0 Å². The molecule has 6 heteroatoms. The molecule has 0 bridgehead atoms. The van der Waals surface area contributed by atoms with Crippen LogP contribution in [0.2, 0.25) is 0 Å². The zero-order chi connectivity index (χ0) is 8.15. The van der Waals surface area contributed by atoms with Crippen LogP contribution in [0.4, 0.5) is 0 Å². The Morgan fingerprint density at radius 3 is 2.50 bits per heavy atom. The first-order valence-corrected chi connectivity index (χ1v) is 4.05. The molecule has 58 valence electrons. The van der Waals surface area contributed by atoms with Crippen LogP contribution in [0.3, 0.4) is 0 Å². The van der Waals surface area contributed by atoms with Gasteiger partial charge in [0.2, 0.25) is 0 Å². The topological polar surface area (TPSA) is 101 Å². The fraction of sp³-hybridized carbons (Fsp3) is 0.750. The van der Waals surface area contributed by atoms with Gasteiger partial charge in [-0.05, 0) is 4.57 Å².